The largest absolute Gasteiger partial charge is 0.461 e. The Morgan fingerprint density at radius 1 is 1.15 bits per heavy atom. The van der Waals surface area contributed by atoms with Crippen LogP contribution in [0.3, 0.4) is 0 Å². The maximum atomic E-state index is 12.9. The fourth-order valence-electron chi connectivity index (χ4n) is 6.06. The van der Waals surface area contributed by atoms with E-state index in [-0.39, 0.29) is 53.9 Å². The zero-order chi connectivity index (χ0) is 32.9. The highest BCUT2D eigenvalue weighted by atomic mass is 32.1. The lowest BCUT2D eigenvalue weighted by atomic mass is 9.86. The van der Waals surface area contributed by atoms with Gasteiger partial charge in [-0.1, -0.05) is 42.5 Å². The van der Waals surface area contributed by atoms with Crippen molar-refractivity contribution in [1.82, 2.24) is 14.1 Å². The number of aliphatic hydroxyl groups excluding tert-OH is 1. The molecule has 0 radical (unpaired) electrons. The molecule has 1 saturated carbocycles. The van der Waals surface area contributed by atoms with E-state index in [0.29, 0.717) is 64.7 Å². The molecular formula is C35H50N4O6S. The number of aromatic nitrogens is 2. The average molecular weight is 655 g/mol. The summed E-state index contributed by atoms with van der Waals surface area (Å²) in [6.07, 6.45) is 6.91. The number of ether oxygens (including phenoxy) is 2. The number of anilines is 1. The molecule has 3 unspecified atom stereocenters. The van der Waals surface area contributed by atoms with Crippen LogP contribution in [0.5, 0.6) is 0 Å². The molecule has 11 heteroatoms. The number of carbonyl (C=O) groups excluding carboxylic acids is 3. The lowest BCUT2D eigenvalue weighted by Gasteiger charge is -2.28. The second-order valence-electron chi connectivity index (χ2n) is 13.4. The normalized spacial score (nSPS) is 21.2. The molecular weight excluding hydrogens is 604 g/mol. The van der Waals surface area contributed by atoms with Crippen molar-refractivity contribution in [3.05, 3.63) is 53.7 Å². The summed E-state index contributed by atoms with van der Waals surface area (Å²) in [5, 5.41) is 14.0. The van der Waals surface area contributed by atoms with E-state index in [1.807, 2.05) is 42.5 Å². The van der Waals surface area contributed by atoms with Gasteiger partial charge in [0.25, 0.3) is 0 Å². The number of morpholine rings is 1. The van der Waals surface area contributed by atoms with Gasteiger partial charge in [0.2, 0.25) is 0 Å². The lowest BCUT2D eigenvalue weighted by Crippen LogP contribution is -2.43. The first kappa shape index (κ1) is 35.9. The Morgan fingerprint density at radius 3 is 2.65 bits per heavy atom. The highest BCUT2D eigenvalue weighted by molar-refractivity contribution is 6.99. The van der Waals surface area contributed by atoms with Gasteiger partial charge in [-0.05, 0) is 57.9 Å². The minimum absolute atomic E-state index is 0.0585. The molecule has 0 amide bonds. The smallest absolute Gasteiger partial charge is 0.306 e. The van der Waals surface area contributed by atoms with Gasteiger partial charge in [0.15, 0.2) is 5.82 Å². The average Bonchev–Trinajstić information content (AvgIpc) is 3.59. The summed E-state index contributed by atoms with van der Waals surface area (Å²) in [6, 6.07) is 9.62. The van der Waals surface area contributed by atoms with Crippen LogP contribution in [0.15, 0.2) is 42.5 Å². The van der Waals surface area contributed by atoms with Crippen molar-refractivity contribution in [1.29, 1.82) is 0 Å². The maximum absolute atomic E-state index is 12.9. The van der Waals surface area contributed by atoms with Crippen molar-refractivity contribution in [2.75, 3.05) is 37.7 Å². The minimum Gasteiger partial charge on any atom is -0.461 e. The third-order valence-electron chi connectivity index (χ3n) is 8.57. The van der Waals surface area contributed by atoms with Crippen molar-refractivity contribution in [3.8, 4) is 0 Å². The number of ketones is 2. The molecule has 1 aliphatic carbocycles. The second-order valence-corrected chi connectivity index (χ2v) is 14.0. The summed E-state index contributed by atoms with van der Waals surface area (Å²) in [5.74, 6) is 0.296. The van der Waals surface area contributed by atoms with Gasteiger partial charge in [0, 0.05) is 63.2 Å². The topological polar surface area (TPSA) is 131 Å². The Labute approximate surface area is 277 Å². The molecule has 0 bridgehead atoms. The van der Waals surface area contributed by atoms with Crippen LogP contribution in [0.2, 0.25) is 0 Å². The fourth-order valence-corrected chi connectivity index (χ4v) is 6.66. The second kappa shape index (κ2) is 17.8. The molecule has 4 atom stereocenters. The molecule has 2 N–H and O–H groups in total. The van der Waals surface area contributed by atoms with Gasteiger partial charge in [-0.25, -0.2) is 0 Å². The predicted molar refractivity (Wildman–Crippen MR) is 179 cm³/mol. The van der Waals surface area contributed by atoms with E-state index in [1.165, 1.54) is 11.7 Å². The van der Waals surface area contributed by atoms with E-state index < -0.39 is 6.10 Å². The van der Waals surface area contributed by atoms with Gasteiger partial charge in [0.05, 0.1) is 31.0 Å². The monoisotopic (exact) mass is 654 g/mol. The summed E-state index contributed by atoms with van der Waals surface area (Å²) >= 11 is 1.18. The lowest BCUT2D eigenvalue weighted by molar-refractivity contribution is -0.149. The van der Waals surface area contributed by atoms with Crippen molar-refractivity contribution in [2.45, 2.75) is 96.3 Å². The molecule has 4 rings (SSSR count). The van der Waals surface area contributed by atoms with E-state index in [4.69, 9.17) is 9.47 Å². The number of nitrogens with one attached hydrogen (secondary N) is 1. The van der Waals surface area contributed by atoms with Crippen molar-refractivity contribution < 1.29 is 29.0 Å². The van der Waals surface area contributed by atoms with Crippen molar-refractivity contribution in [3.63, 3.8) is 0 Å². The Bertz CT molecular complexity index is 1290. The summed E-state index contributed by atoms with van der Waals surface area (Å²) < 4.78 is 20.5. The maximum Gasteiger partial charge on any atom is 0.306 e. The molecule has 2 aliphatic rings. The van der Waals surface area contributed by atoms with Crippen LogP contribution in [0.25, 0.3) is 0 Å². The number of benzene rings is 1. The molecule has 1 aliphatic heterocycles. The number of hydrogen-bond acceptors (Lipinski definition) is 11. The third kappa shape index (κ3) is 11.7. The molecule has 1 aromatic carbocycles. The minimum atomic E-state index is -0.698. The van der Waals surface area contributed by atoms with Crippen molar-refractivity contribution in [2.24, 2.45) is 11.8 Å². The van der Waals surface area contributed by atoms with Gasteiger partial charge in [-0.2, -0.15) is 8.75 Å². The van der Waals surface area contributed by atoms with Crippen LogP contribution in [0.4, 0.5) is 5.82 Å². The third-order valence-corrected chi connectivity index (χ3v) is 9.13. The van der Waals surface area contributed by atoms with Crippen LogP contribution in [-0.4, -0.2) is 82.0 Å². The number of esters is 1. The van der Waals surface area contributed by atoms with Crippen LogP contribution in [0.1, 0.15) is 77.0 Å². The van der Waals surface area contributed by atoms with E-state index >= 15 is 0 Å². The number of carbonyl (C=O) groups is 3. The van der Waals surface area contributed by atoms with Crippen LogP contribution in [0, 0.1) is 11.8 Å². The van der Waals surface area contributed by atoms with Gasteiger partial charge < -0.3 is 24.8 Å². The molecule has 1 aromatic heterocycles. The highest BCUT2D eigenvalue weighted by Crippen LogP contribution is 2.35. The molecule has 46 heavy (non-hydrogen) atoms. The Balaban J connectivity index is 1.21. The Kier molecular flexibility index (Phi) is 13.9. The summed E-state index contributed by atoms with van der Waals surface area (Å²) in [7, 11) is 0. The number of hydrogen-bond donors (Lipinski definition) is 2. The summed E-state index contributed by atoms with van der Waals surface area (Å²) in [4.78, 5) is 40.2. The van der Waals surface area contributed by atoms with Crippen LogP contribution < -0.4 is 10.2 Å². The van der Waals surface area contributed by atoms with Gasteiger partial charge >= 0.3 is 5.97 Å². The molecule has 0 spiro atoms. The zero-order valence-corrected chi connectivity index (χ0v) is 28.3. The number of aliphatic hydroxyl groups is 1. The standard InChI is InChI=1S/C35H50N4O6S/c1-35(2,3)36-24-27(22-30-34(38-46-37-30)39-17-19-44-20-18-39)45-33(43)14-10-5-4-9-13-28-29(32(42)23-31(28)41)16-15-26(40)21-25-11-7-6-8-12-25/h4,6-9,11-12,27-29,32,36,42H,5,10,13-24H2,1-3H3/b9-4-/t27?,28?,29?,32-/m1/s1. The summed E-state index contributed by atoms with van der Waals surface area (Å²) in [5.41, 5.74) is 1.69. The highest BCUT2D eigenvalue weighted by Gasteiger charge is 2.40. The van der Waals surface area contributed by atoms with E-state index in [9.17, 15) is 19.5 Å². The van der Waals surface area contributed by atoms with Crippen molar-refractivity contribution >= 4 is 35.1 Å². The predicted octanol–water partition coefficient (Wildman–Crippen LogP) is 4.49. The van der Waals surface area contributed by atoms with Gasteiger partial charge in [-0.3, -0.25) is 14.4 Å². The zero-order valence-electron chi connectivity index (χ0n) is 27.5. The van der Waals surface area contributed by atoms with Gasteiger partial charge in [-0.15, -0.1) is 0 Å². The number of unbranched alkanes of at least 4 members (excludes halogenated alkanes) is 1. The van der Waals surface area contributed by atoms with Crippen LogP contribution >= 0.6 is 11.7 Å². The Morgan fingerprint density at radius 2 is 1.91 bits per heavy atom. The SMILES string of the molecule is CC(C)(C)NCC(Cc1nsnc1N1CCOCC1)OC(=O)CCC/C=C\CC1C(=O)C[C@@H](O)C1CCC(=O)Cc1ccccc1. The number of nitrogens with zero attached hydrogens (tertiary/aromatic N) is 3. The van der Waals surface area contributed by atoms with E-state index in [0.717, 1.165) is 30.2 Å². The quantitative estimate of drug-likeness (QED) is 0.143. The number of Topliss-reactive ketones (excluding diaryl/α,β-unsaturated/α-hetero) is 2. The van der Waals surface area contributed by atoms with E-state index in [2.05, 4.69) is 39.7 Å². The first-order chi connectivity index (χ1) is 22.1. The molecule has 2 fully saturated rings. The first-order valence-corrected chi connectivity index (χ1v) is 17.3. The molecule has 252 valence electrons. The molecule has 10 nitrogen and oxygen atoms in total. The van der Waals surface area contributed by atoms with E-state index in [1.54, 1.807) is 0 Å². The fraction of sp³-hybridized carbons (Fsp3) is 0.629. The van der Waals surface area contributed by atoms with Gasteiger partial charge in [0.1, 0.15) is 23.4 Å². The summed E-state index contributed by atoms with van der Waals surface area (Å²) in [6.45, 7) is 9.59. The van der Waals surface area contributed by atoms with Crippen LogP contribution in [-0.2, 0) is 36.7 Å². The molecule has 2 heterocycles. The Hall–Kier alpha value is -2.99. The molecule has 1 saturated heterocycles. The number of allylic oxidation sites excluding steroid dienone is 2. The number of rotatable bonds is 17. The molecule has 2 aromatic rings. The first-order valence-electron chi connectivity index (χ1n) is 16.6.